The van der Waals surface area contributed by atoms with E-state index >= 15 is 0 Å². The minimum absolute atomic E-state index is 0.0607. The monoisotopic (exact) mass is 524 g/mol. The molecule has 1 heterocycles. The van der Waals surface area contributed by atoms with Gasteiger partial charge in [0.15, 0.2) is 5.78 Å². The molecule has 2 aromatic carbocycles. The molecule has 194 valence electrons. The van der Waals surface area contributed by atoms with Gasteiger partial charge in [0.05, 0.1) is 41.0 Å². The maximum absolute atomic E-state index is 13.3. The highest BCUT2D eigenvalue weighted by atomic mass is 32.2. The second kappa shape index (κ2) is 12.9. The predicted molar refractivity (Wildman–Crippen MR) is 140 cm³/mol. The maximum atomic E-state index is 13.3. The van der Waals surface area contributed by atoms with Gasteiger partial charge < -0.3 is 14.8 Å². The molecule has 1 N–H and O–H groups in total. The van der Waals surface area contributed by atoms with E-state index in [-0.39, 0.29) is 47.3 Å². The number of dihydropyridines is 1. The highest BCUT2D eigenvalue weighted by molar-refractivity contribution is 8.00. The van der Waals surface area contributed by atoms with Crippen molar-refractivity contribution in [2.24, 2.45) is 0 Å². The fourth-order valence-corrected chi connectivity index (χ4v) is 4.93. The van der Waals surface area contributed by atoms with Gasteiger partial charge in [-0.3, -0.25) is 14.9 Å². The number of esters is 2. The highest BCUT2D eigenvalue weighted by Crippen LogP contribution is 2.41. The molecular weight excluding hydrogens is 496 g/mol. The quantitative estimate of drug-likeness (QED) is 0.195. The lowest BCUT2D eigenvalue weighted by atomic mass is 9.80. The van der Waals surface area contributed by atoms with Crippen LogP contribution in [-0.2, 0) is 19.1 Å². The van der Waals surface area contributed by atoms with Crippen molar-refractivity contribution in [3.05, 3.63) is 98.4 Å². The maximum Gasteiger partial charge on any atom is 0.336 e. The van der Waals surface area contributed by atoms with Gasteiger partial charge in [-0.25, -0.2) is 9.59 Å². The Morgan fingerprint density at radius 1 is 0.973 bits per heavy atom. The van der Waals surface area contributed by atoms with Crippen LogP contribution in [0.1, 0.15) is 42.6 Å². The number of nitro benzene ring substituents is 1. The molecule has 1 unspecified atom stereocenters. The smallest absolute Gasteiger partial charge is 0.336 e. The van der Waals surface area contributed by atoms with Crippen LogP contribution in [0.15, 0.2) is 77.1 Å². The highest BCUT2D eigenvalue weighted by Gasteiger charge is 2.39. The molecule has 1 aliphatic rings. The van der Waals surface area contributed by atoms with Gasteiger partial charge in [-0.05, 0) is 26.3 Å². The first-order valence-electron chi connectivity index (χ1n) is 11.7. The van der Waals surface area contributed by atoms with Gasteiger partial charge in [0.25, 0.3) is 5.69 Å². The third-order valence-corrected chi connectivity index (χ3v) is 6.58. The Bertz CT molecular complexity index is 1250. The van der Waals surface area contributed by atoms with Crippen LogP contribution in [0.5, 0.6) is 0 Å². The molecule has 9 nitrogen and oxygen atoms in total. The summed E-state index contributed by atoms with van der Waals surface area (Å²) in [6.45, 7) is 5.21. The molecule has 0 aromatic heterocycles. The third-order valence-electron chi connectivity index (χ3n) is 5.63. The van der Waals surface area contributed by atoms with E-state index in [1.165, 1.54) is 30.0 Å². The van der Waals surface area contributed by atoms with Gasteiger partial charge in [-0.2, -0.15) is 0 Å². The number of nitrogens with one attached hydrogen (secondary N) is 1. The van der Waals surface area contributed by atoms with Crippen molar-refractivity contribution in [3.63, 3.8) is 0 Å². The first-order valence-corrected chi connectivity index (χ1v) is 12.9. The number of hydrogen-bond donors (Lipinski definition) is 1. The van der Waals surface area contributed by atoms with Gasteiger partial charge in [-0.1, -0.05) is 42.5 Å². The van der Waals surface area contributed by atoms with Crippen molar-refractivity contribution >= 4 is 35.2 Å². The number of benzene rings is 2. The van der Waals surface area contributed by atoms with Gasteiger partial charge in [-0.15, -0.1) is 11.8 Å². The van der Waals surface area contributed by atoms with Crippen molar-refractivity contribution in [3.8, 4) is 0 Å². The SMILES string of the molecule is CCOC(=O)C1=C(C)NC(CSCC(=O)c2ccccc2)=C(C(=O)OCC)C1c1cccc([N+](=O)[O-])c1. The topological polar surface area (TPSA) is 125 Å². The van der Waals surface area contributed by atoms with Crippen LogP contribution in [0.25, 0.3) is 0 Å². The number of allylic oxidation sites excluding steroid dienone is 1. The van der Waals surface area contributed by atoms with Crippen LogP contribution in [0.2, 0.25) is 0 Å². The number of non-ortho nitro benzene ring substituents is 1. The molecule has 0 amide bonds. The van der Waals surface area contributed by atoms with Crippen LogP contribution >= 0.6 is 11.8 Å². The van der Waals surface area contributed by atoms with Gasteiger partial charge in [0, 0.05) is 34.8 Å². The Balaban J connectivity index is 2.05. The lowest BCUT2D eigenvalue weighted by Crippen LogP contribution is -2.34. The molecule has 10 heteroatoms. The third kappa shape index (κ3) is 6.65. The van der Waals surface area contributed by atoms with E-state index in [9.17, 15) is 24.5 Å². The zero-order valence-electron chi connectivity index (χ0n) is 20.8. The van der Waals surface area contributed by atoms with Gasteiger partial charge in [0.1, 0.15) is 0 Å². The molecule has 1 aliphatic heterocycles. The summed E-state index contributed by atoms with van der Waals surface area (Å²) in [6.07, 6.45) is 0. The average molecular weight is 525 g/mol. The number of ketones is 1. The first kappa shape index (κ1) is 27.7. The number of hydrogen-bond acceptors (Lipinski definition) is 9. The van der Waals surface area contributed by atoms with Crippen LogP contribution < -0.4 is 5.32 Å². The Kier molecular flexibility index (Phi) is 9.62. The van der Waals surface area contributed by atoms with Crippen LogP contribution in [0.3, 0.4) is 0 Å². The van der Waals surface area contributed by atoms with Crippen molar-refractivity contribution in [2.45, 2.75) is 26.7 Å². The summed E-state index contributed by atoms with van der Waals surface area (Å²) in [5.41, 5.74) is 2.02. The molecule has 0 saturated heterocycles. The average Bonchev–Trinajstić information content (AvgIpc) is 2.89. The summed E-state index contributed by atoms with van der Waals surface area (Å²) in [5, 5.41) is 14.6. The lowest BCUT2D eigenvalue weighted by Gasteiger charge is -2.31. The number of ether oxygens (including phenoxy) is 2. The number of nitro groups is 1. The van der Waals surface area contributed by atoms with E-state index in [2.05, 4.69) is 5.32 Å². The molecule has 1 atom stereocenters. The molecule has 0 radical (unpaired) electrons. The first-order chi connectivity index (χ1) is 17.8. The summed E-state index contributed by atoms with van der Waals surface area (Å²) in [5.74, 6) is -1.91. The minimum Gasteiger partial charge on any atom is -0.463 e. The Morgan fingerprint density at radius 3 is 2.24 bits per heavy atom. The molecule has 0 spiro atoms. The standard InChI is InChI=1S/C27H28N2O7S/c1-4-35-26(31)23-17(3)28-21(15-37-16-22(30)18-10-7-6-8-11-18)25(27(32)36-5-2)24(23)19-12-9-13-20(14-19)29(33)34/h6-14,24,28H,4-5,15-16H2,1-3H3. The molecule has 0 fully saturated rings. The summed E-state index contributed by atoms with van der Waals surface area (Å²) < 4.78 is 10.6. The number of carbonyl (C=O) groups is 3. The summed E-state index contributed by atoms with van der Waals surface area (Å²) in [7, 11) is 0. The van der Waals surface area contributed by atoms with Crippen molar-refractivity contribution in [1.29, 1.82) is 0 Å². The van der Waals surface area contributed by atoms with Crippen molar-refractivity contribution in [2.75, 3.05) is 24.7 Å². The number of thioether (sulfide) groups is 1. The van der Waals surface area contributed by atoms with E-state index in [1.807, 2.05) is 6.07 Å². The predicted octanol–water partition coefficient (Wildman–Crippen LogP) is 4.55. The Labute approximate surface area is 219 Å². The van der Waals surface area contributed by atoms with E-state index in [0.29, 0.717) is 22.5 Å². The second-order valence-corrected chi connectivity index (χ2v) is 9.05. The van der Waals surface area contributed by atoms with Crippen LogP contribution in [0, 0.1) is 10.1 Å². The summed E-state index contributed by atoms with van der Waals surface area (Å²) in [6, 6.07) is 14.7. The minimum atomic E-state index is -0.959. The van der Waals surface area contributed by atoms with Gasteiger partial charge >= 0.3 is 11.9 Å². The van der Waals surface area contributed by atoms with E-state index in [1.54, 1.807) is 51.1 Å². The number of rotatable bonds is 11. The normalized spacial score (nSPS) is 15.2. The summed E-state index contributed by atoms with van der Waals surface area (Å²) >= 11 is 1.30. The molecule has 3 rings (SSSR count). The number of Topliss-reactive ketones (excluding diaryl/α,β-unsaturated/α-hetero) is 1. The number of nitrogens with zero attached hydrogens (tertiary/aromatic N) is 1. The van der Waals surface area contributed by atoms with Crippen molar-refractivity contribution in [1.82, 2.24) is 5.32 Å². The zero-order chi connectivity index (χ0) is 26.9. The molecule has 37 heavy (non-hydrogen) atoms. The molecular formula is C27H28N2O7S. The Hall–Kier alpha value is -3.92. The zero-order valence-corrected chi connectivity index (χ0v) is 21.6. The number of carbonyl (C=O) groups excluding carboxylic acids is 3. The van der Waals surface area contributed by atoms with E-state index in [0.717, 1.165) is 0 Å². The van der Waals surface area contributed by atoms with Gasteiger partial charge in [0.2, 0.25) is 0 Å². The van der Waals surface area contributed by atoms with Crippen LogP contribution in [-0.4, -0.2) is 47.4 Å². The lowest BCUT2D eigenvalue weighted by molar-refractivity contribution is -0.384. The largest absolute Gasteiger partial charge is 0.463 e. The summed E-state index contributed by atoms with van der Waals surface area (Å²) in [4.78, 5) is 49.8. The fourth-order valence-electron chi connectivity index (χ4n) is 4.04. The van der Waals surface area contributed by atoms with E-state index < -0.39 is 22.8 Å². The van der Waals surface area contributed by atoms with Crippen molar-refractivity contribution < 1.29 is 28.8 Å². The fraction of sp³-hybridized carbons (Fsp3) is 0.296. The molecule has 0 saturated carbocycles. The van der Waals surface area contributed by atoms with E-state index in [4.69, 9.17) is 9.47 Å². The second-order valence-electron chi connectivity index (χ2n) is 8.06. The Morgan fingerprint density at radius 2 is 1.62 bits per heavy atom. The molecule has 0 bridgehead atoms. The molecule has 2 aromatic rings. The van der Waals surface area contributed by atoms with Crippen LogP contribution in [0.4, 0.5) is 5.69 Å². The molecule has 0 aliphatic carbocycles.